The lowest BCUT2D eigenvalue weighted by Gasteiger charge is -2.31. The van der Waals surface area contributed by atoms with Gasteiger partial charge in [-0.25, -0.2) is 0 Å². The molecule has 2 aromatic heterocycles. The van der Waals surface area contributed by atoms with E-state index in [2.05, 4.69) is 15.4 Å². The Bertz CT molecular complexity index is 822. The van der Waals surface area contributed by atoms with E-state index in [4.69, 9.17) is 0 Å². The second kappa shape index (κ2) is 7.90. The Hall–Kier alpha value is -2.70. The maximum absolute atomic E-state index is 12.7. The van der Waals surface area contributed by atoms with Crippen molar-refractivity contribution in [3.8, 4) is 0 Å². The molecule has 0 aromatic carbocycles. The molecule has 3 heterocycles. The lowest BCUT2D eigenvalue weighted by molar-refractivity contribution is -0.127. The fourth-order valence-corrected chi connectivity index (χ4v) is 3.82. The van der Waals surface area contributed by atoms with Crippen molar-refractivity contribution in [2.75, 3.05) is 13.1 Å². The lowest BCUT2D eigenvalue weighted by Crippen LogP contribution is -2.43. The molecular formula is C20H27N5O2. The first-order valence-corrected chi connectivity index (χ1v) is 9.39. The number of carbonyl (C=O) groups is 2. The normalized spacial score (nSPS) is 16.2. The van der Waals surface area contributed by atoms with Crippen molar-refractivity contribution in [2.45, 2.75) is 39.7 Å². The minimum atomic E-state index is -0.0839. The third-order valence-corrected chi connectivity index (χ3v) is 5.39. The van der Waals surface area contributed by atoms with Crippen LogP contribution >= 0.6 is 0 Å². The number of nitrogens with zero attached hydrogens (tertiary/aromatic N) is 4. The largest absolute Gasteiger partial charge is 0.349 e. The number of aryl methyl sites for hydroxylation is 2. The van der Waals surface area contributed by atoms with Gasteiger partial charge >= 0.3 is 0 Å². The van der Waals surface area contributed by atoms with Gasteiger partial charge in [-0.3, -0.25) is 19.3 Å². The predicted molar refractivity (Wildman–Crippen MR) is 102 cm³/mol. The summed E-state index contributed by atoms with van der Waals surface area (Å²) in [4.78, 5) is 31.1. The van der Waals surface area contributed by atoms with Crippen LogP contribution in [0.1, 0.15) is 53.2 Å². The Kier molecular flexibility index (Phi) is 5.58. The van der Waals surface area contributed by atoms with E-state index in [1.807, 2.05) is 38.6 Å². The first-order valence-electron chi connectivity index (χ1n) is 9.39. The molecule has 0 unspecified atom stereocenters. The third-order valence-electron chi connectivity index (χ3n) is 5.39. The van der Waals surface area contributed by atoms with Crippen LogP contribution in [0.3, 0.4) is 0 Å². The van der Waals surface area contributed by atoms with Crippen LogP contribution in [0.25, 0.3) is 0 Å². The SMILES string of the molecule is Cc1nn(C)c(C)c1[C@@H](C)NC(=O)C1CCN(C(=O)c2ccccn2)CC1. The van der Waals surface area contributed by atoms with Crippen LogP contribution < -0.4 is 5.32 Å². The van der Waals surface area contributed by atoms with Gasteiger partial charge in [-0.2, -0.15) is 5.10 Å². The third kappa shape index (κ3) is 4.02. The summed E-state index contributed by atoms with van der Waals surface area (Å²) >= 11 is 0. The molecule has 1 aliphatic rings. The summed E-state index contributed by atoms with van der Waals surface area (Å²) in [6.45, 7) is 7.13. The second-order valence-corrected chi connectivity index (χ2v) is 7.22. The average Bonchev–Trinajstić information content (AvgIpc) is 2.93. The number of hydrogen-bond acceptors (Lipinski definition) is 4. The Morgan fingerprint density at radius 3 is 2.48 bits per heavy atom. The van der Waals surface area contributed by atoms with Crippen molar-refractivity contribution in [3.05, 3.63) is 47.0 Å². The predicted octanol–water partition coefficient (Wildman–Crippen LogP) is 2.16. The number of hydrogen-bond donors (Lipinski definition) is 1. The summed E-state index contributed by atoms with van der Waals surface area (Å²) < 4.78 is 1.84. The van der Waals surface area contributed by atoms with Crippen LogP contribution in [-0.2, 0) is 11.8 Å². The molecular weight excluding hydrogens is 342 g/mol. The minimum Gasteiger partial charge on any atom is -0.349 e. The van der Waals surface area contributed by atoms with Crippen LogP contribution in [0.15, 0.2) is 24.4 Å². The number of pyridine rings is 1. The van der Waals surface area contributed by atoms with Crippen LogP contribution in [0.4, 0.5) is 0 Å². The second-order valence-electron chi connectivity index (χ2n) is 7.22. The van der Waals surface area contributed by atoms with Crippen molar-refractivity contribution in [3.63, 3.8) is 0 Å². The van der Waals surface area contributed by atoms with Gasteiger partial charge in [0.2, 0.25) is 5.91 Å². The molecule has 7 nitrogen and oxygen atoms in total. The monoisotopic (exact) mass is 369 g/mol. The number of piperidine rings is 1. The lowest BCUT2D eigenvalue weighted by atomic mass is 9.94. The molecule has 0 radical (unpaired) electrons. The molecule has 144 valence electrons. The topological polar surface area (TPSA) is 80.1 Å². The molecule has 27 heavy (non-hydrogen) atoms. The van der Waals surface area contributed by atoms with Gasteiger partial charge in [0.25, 0.3) is 5.91 Å². The summed E-state index contributed by atoms with van der Waals surface area (Å²) in [5, 5.41) is 7.55. The van der Waals surface area contributed by atoms with Crippen LogP contribution in [0.2, 0.25) is 0 Å². The average molecular weight is 369 g/mol. The number of rotatable bonds is 4. The molecule has 0 saturated carbocycles. The van der Waals surface area contributed by atoms with E-state index in [0.717, 1.165) is 17.0 Å². The van der Waals surface area contributed by atoms with Crippen LogP contribution in [0.5, 0.6) is 0 Å². The molecule has 0 aliphatic carbocycles. The molecule has 3 rings (SSSR count). The van der Waals surface area contributed by atoms with Crippen molar-refractivity contribution in [1.82, 2.24) is 25.0 Å². The van der Waals surface area contributed by atoms with Crippen molar-refractivity contribution >= 4 is 11.8 Å². The fraction of sp³-hybridized carbons (Fsp3) is 0.500. The van der Waals surface area contributed by atoms with Gasteiger partial charge in [-0.1, -0.05) is 6.07 Å². The van der Waals surface area contributed by atoms with Gasteiger partial charge in [-0.15, -0.1) is 0 Å². The first kappa shape index (κ1) is 19.1. The quantitative estimate of drug-likeness (QED) is 0.896. The van der Waals surface area contributed by atoms with E-state index in [9.17, 15) is 9.59 Å². The van der Waals surface area contributed by atoms with Gasteiger partial charge in [0.15, 0.2) is 0 Å². The molecule has 1 fully saturated rings. The zero-order valence-electron chi connectivity index (χ0n) is 16.4. The van der Waals surface area contributed by atoms with Gasteiger partial charge in [0.05, 0.1) is 11.7 Å². The van der Waals surface area contributed by atoms with Crippen molar-refractivity contribution < 1.29 is 9.59 Å². The Balaban J connectivity index is 1.56. The first-order chi connectivity index (χ1) is 12.9. The van der Waals surface area contributed by atoms with Crippen LogP contribution in [0, 0.1) is 19.8 Å². The highest BCUT2D eigenvalue weighted by Gasteiger charge is 2.29. The maximum atomic E-state index is 12.7. The van der Waals surface area contributed by atoms with E-state index in [-0.39, 0.29) is 23.8 Å². The summed E-state index contributed by atoms with van der Waals surface area (Å²) in [7, 11) is 1.91. The smallest absolute Gasteiger partial charge is 0.272 e. The zero-order chi connectivity index (χ0) is 19.6. The number of likely N-dealkylation sites (tertiary alicyclic amines) is 1. The van der Waals surface area contributed by atoms with Crippen LogP contribution in [-0.4, -0.2) is 44.6 Å². The summed E-state index contributed by atoms with van der Waals surface area (Å²) in [6, 6.07) is 5.24. The number of carbonyl (C=O) groups excluding carboxylic acids is 2. The zero-order valence-corrected chi connectivity index (χ0v) is 16.4. The molecule has 0 bridgehead atoms. The molecule has 1 aliphatic heterocycles. The Labute approximate surface area is 159 Å². The van der Waals surface area contributed by atoms with E-state index in [1.165, 1.54) is 0 Å². The summed E-state index contributed by atoms with van der Waals surface area (Å²) in [6.07, 6.45) is 2.96. The van der Waals surface area contributed by atoms with Gasteiger partial charge < -0.3 is 10.2 Å². The Morgan fingerprint density at radius 2 is 1.93 bits per heavy atom. The number of nitrogens with one attached hydrogen (secondary N) is 1. The van der Waals surface area contributed by atoms with E-state index in [0.29, 0.717) is 31.6 Å². The van der Waals surface area contributed by atoms with E-state index < -0.39 is 0 Å². The molecule has 2 aromatic rings. The molecule has 1 saturated heterocycles. The highest BCUT2D eigenvalue weighted by Crippen LogP contribution is 2.23. The summed E-state index contributed by atoms with van der Waals surface area (Å²) in [5.74, 6) is -0.0861. The van der Waals surface area contributed by atoms with E-state index in [1.54, 1.807) is 23.2 Å². The number of amides is 2. The molecule has 7 heteroatoms. The van der Waals surface area contributed by atoms with Gasteiger partial charge in [0.1, 0.15) is 5.69 Å². The molecule has 1 N–H and O–H groups in total. The number of aromatic nitrogens is 3. The standard InChI is InChI=1S/C20H27N5O2/c1-13(18-14(2)23-24(4)15(18)3)22-19(26)16-8-11-25(12-9-16)20(27)17-7-5-6-10-21-17/h5-7,10,13,16H,8-9,11-12H2,1-4H3,(H,22,26)/t13-/m1/s1. The minimum absolute atomic E-state index is 0.0510. The van der Waals surface area contributed by atoms with Gasteiger partial charge in [0, 0.05) is 43.5 Å². The summed E-state index contributed by atoms with van der Waals surface area (Å²) in [5.41, 5.74) is 3.54. The van der Waals surface area contributed by atoms with Crippen molar-refractivity contribution in [1.29, 1.82) is 0 Å². The van der Waals surface area contributed by atoms with E-state index >= 15 is 0 Å². The fourth-order valence-electron chi connectivity index (χ4n) is 3.82. The van der Waals surface area contributed by atoms with Crippen molar-refractivity contribution in [2.24, 2.45) is 13.0 Å². The maximum Gasteiger partial charge on any atom is 0.272 e. The highest BCUT2D eigenvalue weighted by molar-refractivity contribution is 5.92. The Morgan fingerprint density at radius 1 is 1.22 bits per heavy atom. The van der Waals surface area contributed by atoms with Gasteiger partial charge in [-0.05, 0) is 45.7 Å². The molecule has 1 atom stereocenters. The highest BCUT2D eigenvalue weighted by atomic mass is 16.2. The molecule has 0 spiro atoms. The molecule has 2 amide bonds.